The summed E-state index contributed by atoms with van der Waals surface area (Å²) in [6.45, 7) is 2.29. The van der Waals surface area contributed by atoms with Crippen molar-refractivity contribution in [3.63, 3.8) is 0 Å². The number of rotatable bonds is 8. The average Bonchev–Trinajstić information content (AvgIpc) is 2.75. The van der Waals surface area contributed by atoms with Crippen LogP contribution in [0.1, 0.15) is 22.5 Å². The topological polar surface area (TPSA) is 92.3 Å². The number of amides is 1. The number of hydrogen-bond donors (Lipinski definition) is 1. The van der Waals surface area contributed by atoms with Crippen LogP contribution >= 0.6 is 11.6 Å². The number of carbonyl (C=O) groups excluding carboxylic acids is 1. The molecule has 1 N–H and O–H groups in total. The summed E-state index contributed by atoms with van der Waals surface area (Å²) >= 11 is 6.30. The minimum atomic E-state index is -3.51. The van der Waals surface area contributed by atoms with E-state index < -0.39 is 9.84 Å². The first-order chi connectivity index (χ1) is 15.2. The van der Waals surface area contributed by atoms with Gasteiger partial charge < -0.3 is 10.2 Å². The first-order valence-corrected chi connectivity index (χ1v) is 12.1. The van der Waals surface area contributed by atoms with Gasteiger partial charge in [-0.05, 0) is 76.4 Å². The fourth-order valence-corrected chi connectivity index (χ4v) is 4.63. The molecule has 0 bridgehead atoms. The van der Waals surface area contributed by atoms with Gasteiger partial charge in [0.2, 0.25) is 0 Å². The highest BCUT2D eigenvalue weighted by Gasteiger charge is 2.19. The number of nitrogens with zero attached hydrogens (tertiary/aromatic N) is 3. The number of carbonyl (C=O) groups is 1. The second-order valence-electron chi connectivity index (χ2n) is 7.62. The van der Waals surface area contributed by atoms with Crippen LogP contribution in [0, 0.1) is 6.92 Å². The summed E-state index contributed by atoms with van der Waals surface area (Å²) in [5.74, 6) is -0.384. The molecule has 0 aliphatic heterocycles. The lowest BCUT2D eigenvalue weighted by atomic mass is 10.1. The number of pyridine rings is 2. The monoisotopic (exact) mass is 472 g/mol. The van der Waals surface area contributed by atoms with Gasteiger partial charge in [0.05, 0.1) is 27.7 Å². The summed E-state index contributed by atoms with van der Waals surface area (Å²) in [6, 6.07) is 13.5. The summed E-state index contributed by atoms with van der Waals surface area (Å²) in [7, 11) is 0.271. The molecule has 0 radical (unpaired) electrons. The van der Waals surface area contributed by atoms with Crippen molar-refractivity contribution in [3.8, 4) is 11.3 Å². The van der Waals surface area contributed by atoms with Crippen LogP contribution in [0.3, 0.4) is 0 Å². The predicted molar refractivity (Wildman–Crippen MR) is 127 cm³/mol. The molecule has 2 heterocycles. The van der Waals surface area contributed by atoms with Crippen LogP contribution in [0.2, 0.25) is 5.02 Å². The molecule has 168 valence electrons. The number of aromatic nitrogens is 2. The van der Waals surface area contributed by atoms with E-state index in [1.54, 1.807) is 31.3 Å². The number of anilines is 1. The lowest BCUT2D eigenvalue weighted by Gasteiger charge is -2.12. The highest BCUT2D eigenvalue weighted by Crippen LogP contribution is 2.29. The van der Waals surface area contributed by atoms with Crippen molar-refractivity contribution < 1.29 is 13.2 Å². The quantitative estimate of drug-likeness (QED) is 0.531. The first kappa shape index (κ1) is 23.8. The Morgan fingerprint density at radius 1 is 1.12 bits per heavy atom. The van der Waals surface area contributed by atoms with Crippen molar-refractivity contribution in [2.45, 2.75) is 18.4 Å². The Bertz CT molecular complexity index is 1220. The van der Waals surface area contributed by atoms with Crippen LogP contribution in [0.25, 0.3) is 11.3 Å². The smallest absolute Gasteiger partial charge is 0.257 e. The molecule has 0 unspecified atom stereocenters. The number of sulfone groups is 1. The molecule has 0 atom stereocenters. The fraction of sp³-hybridized carbons (Fsp3) is 0.261. The molecular formula is C23H25ClN4O3S. The van der Waals surface area contributed by atoms with E-state index in [9.17, 15) is 13.2 Å². The van der Waals surface area contributed by atoms with Gasteiger partial charge in [0.25, 0.3) is 5.91 Å². The number of benzene rings is 1. The normalized spacial score (nSPS) is 11.5. The maximum Gasteiger partial charge on any atom is 0.257 e. The molecule has 3 aromatic rings. The second kappa shape index (κ2) is 10.2. The van der Waals surface area contributed by atoms with E-state index in [1.807, 2.05) is 37.2 Å². The third-order valence-electron chi connectivity index (χ3n) is 4.81. The van der Waals surface area contributed by atoms with Crippen LogP contribution < -0.4 is 5.32 Å². The van der Waals surface area contributed by atoms with Gasteiger partial charge in [-0.1, -0.05) is 17.7 Å². The largest absolute Gasteiger partial charge is 0.322 e. The number of halogens is 1. The molecule has 0 saturated heterocycles. The van der Waals surface area contributed by atoms with Crippen molar-refractivity contribution in [2.24, 2.45) is 0 Å². The van der Waals surface area contributed by atoms with E-state index in [4.69, 9.17) is 11.6 Å². The zero-order chi connectivity index (χ0) is 23.3. The maximum atomic E-state index is 12.8. The summed E-state index contributed by atoms with van der Waals surface area (Å²) in [6.07, 6.45) is 2.18. The van der Waals surface area contributed by atoms with E-state index in [0.29, 0.717) is 46.2 Å². The lowest BCUT2D eigenvalue weighted by molar-refractivity contribution is 0.102. The third-order valence-corrected chi connectivity index (χ3v) is 6.83. The number of nitrogens with one attached hydrogen (secondary N) is 1. The second-order valence-corrected chi connectivity index (χ2v) is 10.1. The summed E-state index contributed by atoms with van der Waals surface area (Å²) in [5, 5.41) is 3.32. The van der Waals surface area contributed by atoms with Gasteiger partial charge in [-0.15, -0.1) is 0 Å². The minimum Gasteiger partial charge on any atom is -0.322 e. The molecule has 32 heavy (non-hydrogen) atoms. The van der Waals surface area contributed by atoms with E-state index in [-0.39, 0.29) is 16.7 Å². The molecule has 2 aromatic heterocycles. The molecule has 9 heteroatoms. The Kier molecular flexibility index (Phi) is 7.60. The zero-order valence-corrected chi connectivity index (χ0v) is 19.7. The predicted octanol–water partition coefficient (Wildman–Crippen LogP) is 4.08. The van der Waals surface area contributed by atoms with E-state index >= 15 is 0 Å². The lowest BCUT2D eigenvalue weighted by Crippen LogP contribution is -2.19. The molecule has 0 fully saturated rings. The Hall–Kier alpha value is -2.81. The fourth-order valence-electron chi connectivity index (χ4n) is 3.15. The van der Waals surface area contributed by atoms with E-state index in [0.717, 1.165) is 0 Å². The van der Waals surface area contributed by atoms with Gasteiger partial charge in [0, 0.05) is 17.4 Å². The minimum absolute atomic E-state index is 0.00420. The van der Waals surface area contributed by atoms with Crippen molar-refractivity contribution >= 4 is 33.0 Å². The molecule has 1 amide bonds. The molecule has 0 aliphatic carbocycles. The summed E-state index contributed by atoms with van der Waals surface area (Å²) < 4.78 is 25.1. The molecule has 7 nitrogen and oxygen atoms in total. The average molecular weight is 473 g/mol. The van der Waals surface area contributed by atoms with E-state index in [1.165, 1.54) is 12.1 Å². The molecule has 1 aromatic carbocycles. The highest BCUT2D eigenvalue weighted by atomic mass is 35.5. The molecule has 0 spiro atoms. The van der Waals surface area contributed by atoms with Crippen LogP contribution in [-0.2, 0) is 9.84 Å². The SMILES string of the molecule is Cc1nc(S(=O)(=O)CCCN(C)C)ccc1C(=O)Nc1ccc(Cl)c(-c2ccccn2)c1. The van der Waals surface area contributed by atoms with Crippen LogP contribution in [0.4, 0.5) is 5.69 Å². The van der Waals surface area contributed by atoms with E-state index in [2.05, 4.69) is 15.3 Å². The number of hydrogen-bond acceptors (Lipinski definition) is 6. The van der Waals surface area contributed by atoms with Gasteiger partial charge >= 0.3 is 0 Å². The van der Waals surface area contributed by atoms with Crippen molar-refractivity contribution in [1.82, 2.24) is 14.9 Å². The maximum absolute atomic E-state index is 12.8. The van der Waals surface area contributed by atoms with Gasteiger partial charge in [-0.3, -0.25) is 9.78 Å². The molecule has 3 rings (SSSR count). The molecule has 0 aliphatic rings. The number of aryl methyl sites for hydroxylation is 1. The van der Waals surface area contributed by atoms with Crippen LogP contribution in [0.15, 0.2) is 59.8 Å². The Morgan fingerprint density at radius 2 is 1.91 bits per heavy atom. The molecule has 0 saturated carbocycles. The Morgan fingerprint density at radius 3 is 2.56 bits per heavy atom. The highest BCUT2D eigenvalue weighted by molar-refractivity contribution is 7.91. The Labute approximate surface area is 193 Å². The van der Waals surface area contributed by atoms with Gasteiger partial charge in [0.1, 0.15) is 0 Å². The van der Waals surface area contributed by atoms with Crippen molar-refractivity contribution in [1.29, 1.82) is 0 Å². The zero-order valence-electron chi connectivity index (χ0n) is 18.2. The van der Waals surface area contributed by atoms with Gasteiger partial charge in [-0.25, -0.2) is 13.4 Å². The van der Waals surface area contributed by atoms with Crippen molar-refractivity contribution in [2.75, 3.05) is 31.7 Å². The molecular weight excluding hydrogens is 448 g/mol. The third kappa shape index (κ3) is 5.91. The first-order valence-electron chi connectivity index (χ1n) is 10.0. The summed E-state index contributed by atoms with van der Waals surface area (Å²) in [4.78, 5) is 23.2. The van der Waals surface area contributed by atoms with Gasteiger partial charge in [0.15, 0.2) is 14.9 Å². The van der Waals surface area contributed by atoms with Crippen molar-refractivity contribution in [3.05, 3.63) is 71.0 Å². The van der Waals surface area contributed by atoms with Gasteiger partial charge in [-0.2, -0.15) is 0 Å². The summed E-state index contributed by atoms with van der Waals surface area (Å²) in [5.41, 5.74) is 2.57. The van der Waals surface area contributed by atoms with Crippen LogP contribution in [0.5, 0.6) is 0 Å². The Balaban J connectivity index is 1.78. The standard InChI is InChI=1S/C23H25ClN4O3S/c1-16-18(9-11-22(26-16)32(30,31)14-6-13-28(2)3)23(29)27-17-8-10-20(24)19(15-17)21-7-4-5-12-25-21/h4-5,7-12,15H,6,13-14H2,1-3H3,(H,27,29). The van der Waals surface area contributed by atoms with Crippen LogP contribution in [-0.4, -0.2) is 55.6 Å².